The lowest BCUT2D eigenvalue weighted by Gasteiger charge is -2.05. The van der Waals surface area contributed by atoms with E-state index in [0.717, 1.165) is 5.69 Å². The molecule has 3 rings (SSSR count). The first-order chi connectivity index (χ1) is 9.72. The van der Waals surface area contributed by atoms with Crippen LogP contribution in [0.3, 0.4) is 0 Å². The normalized spacial score (nSPS) is 10.4. The van der Waals surface area contributed by atoms with Crippen LogP contribution in [0, 0.1) is 6.92 Å². The maximum atomic E-state index is 11.9. The summed E-state index contributed by atoms with van der Waals surface area (Å²) in [7, 11) is 0. The van der Waals surface area contributed by atoms with Gasteiger partial charge in [-0.05, 0) is 35.5 Å². The van der Waals surface area contributed by atoms with Crippen LogP contribution >= 0.6 is 0 Å². The van der Waals surface area contributed by atoms with Crippen molar-refractivity contribution in [2.45, 2.75) is 6.92 Å². The summed E-state index contributed by atoms with van der Waals surface area (Å²) in [6.07, 6.45) is 1.47. The minimum absolute atomic E-state index is 0.162. The van der Waals surface area contributed by atoms with E-state index in [1.807, 2.05) is 6.07 Å². The molecular formula is C12H10N6O2. The lowest BCUT2D eigenvalue weighted by molar-refractivity contribution is 0.0988. The highest BCUT2D eigenvalue weighted by Gasteiger charge is 2.12. The molecule has 0 saturated carbocycles. The van der Waals surface area contributed by atoms with E-state index in [1.54, 1.807) is 31.2 Å². The predicted molar refractivity (Wildman–Crippen MR) is 68.3 cm³/mol. The predicted octanol–water partition coefficient (Wildman–Crippen LogP) is 1.21. The van der Waals surface area contributed by atoms with Gasteiger partial charge in [0.2, 0.25) is 5.76 Å². The minimum Gasteiger partial charge on any atom is -0.351 e. The van der Waals surface area contributed by atoms with Gasteiger partial charge < -0.3 is 9.84 Å². The van der Waals surface area contributed by atoms with Crippen LogP contribution in [0.5, 0.6) is 0 Å². The average Bonchev–Trinajstić information content (AvgIpc) is 3.10. The Morgan fingerprint density at radius 1 is 1.35 bits per heavy atom. The van der Waals surface area contributed by atoms with Crippen molar-refractivity contribution in [1.82, 2.24) is 25.4 Å². The van der Waals surface area contributed by atoms with Gasteiger partial charge in [-0.3, -0.25) is 4.79 Å². The number of nitrogens with one attached hydrogen (secondary N) is 1. The van der Waals surface area contributed by atoms with Crippen LogP contribution in [0.15, 0.2) is 41.2 Å². The molecule has 0 aliphatic rings. The molecule has 1 aromatic carbocycles. The Bertz CT molecular complexity index is 734. The van der Waals surface area contributed by atoms with E-state index in [-0.39, 0.29) is 11.7 Å². The number of carbonyl (C=O) groups is 1. The number of hydrogen-bond acceptors (Lipinski definition) is 6. The first-order valence-electron chi connectivity index (χ1n) is 5.80. The molecule has 0 fully saturated rings. The summed E-state index contributed by atoms with van der Waals surface area (Å²) in [4.78, 5) is 11.9. The third-order valence-corrected chi connectivity index (χ3v) is 2.57. The largest absolute Gasteiger partial charge is 0.351 e. The summed E-state index contributed by atoms with van der Waals surface area (Å²) in [5, 5.41) is 17.3. The zero-order valence-corrected chi connectivity index (χ0v) is 10.5. The molecule has 0 aliphatic carbocycles. The Morgan fingerprint density at radius 3 is 2.95 bits per heavy atom. The molecule has 0 radical (unpaired) electrons. The van der Waals surface area contributed by atoms with Gasteiger partial charge in [0.05, 0.1) is 11.4 Å². The summed E-state index contributed by atoms with van der Waals surface area (Å²) < 4.78 is 6.40. The second-order valence-electron chi connectivity index (χ2n) is 4.09. The Balaban J connectivity index is 1.81. The maximum absolute atomic E-state index is 11.9. The van der Waals surface area contributed by atoms with Gasteiger partial charge in [0.1, 0.15) is 6.33 Å². The van der Waals surface area contributed by atoms with Gasteiger partial charge in [-0.2, -0.15) is 0 Å². The summed E-state index contributed by atoms with van der Waals surface area (Å²) >= 11 is 0. The van der Waals surface area contributed by atoms with Crippen LogP contribution in [0.2, 0.25) is 0 Å². The van der Waals surface area contributed by atoms with Crippen LogP contribution in [0.4, 0.5) is 5.69 Å². The van der Waals surface area contributed by atoms with Gasteiger partial charge in [0.15, 0.2) is 0 Å². The van der Waals surface area contributed by atoms with Crippen LogP contribution in [-0.2, 0) is 0 Å². The number of aryl methyl sites for hydroxylation is 1. The summed E-state index contributed by atoms with van der Waals surface area (Å²) in [6.45, 7) is 1.75. The molecule has 0 saturated heterocycles. The molecule has 0 unspecified atom stereocenters. The number of hydrogen-bond donors (Lipinski definition) is 1. The van der Waals surface area contributed by atoms with E-state index in [4.69, 9.17) is 4.52 Å². The third kappa shape index (κ3) is 2.39. The van der Waals surface area contributed by atoms with Crippen molar-refractivity contribution in [2.24, 2.45) is 0 Å². The monoisotopic (exact) mass is 270 g/mol. The number of carbonyl (C=O) groups excluding carboxylic acids is 1. The van der Waals surface area contributed by atoms with Crippen molar-refractivity contribution in [3.8, 4) is 5.69 Å². The molecule has 0 aliphatic heterocycles. The van der Waals surface area contributed by atoms with E-state index in [9.17, 15) is 4.79 Å². The fourth-order valence-corrected chi connectivity index (χ4v) is 1.67. The quantitative estimate of drug-likeness (QED) is 0.768. The lowest BCUT2D eigenvalue weighted by atomic mass is 10.2. The second kappa shape index (κ2) is 4.92. The summed E-state index contributed by atoms with van der Waals surface area (Å²) in [5.41, 5.74) is 2.00. The molecule has 0 bridgehead atoms. The highest BCUT2D eigenvalue weighted by Crippen LogP contribution is 2.14. The van der Waals surface area contributed by atoms with Crippen LogP contribution in [-0.4, -0.2) is 31.3 Å². The van der Waals surface area contributed by atoms with E-state index in [1.165, 1.54) is 11.0 Å². The molecule has 8 nitrogen and oxygen atoms in total. The fourth-order valence-electron chi connectivity index (χ4n) is 1.67. The van der Waals surface area contributed by atoms with Crippen LogP contribution < -0.4 is 5.32 Å². The van der Waals surface area contributed by atoms with Gasteiger partial charge >= 0.3 is 0 Å². The van der Waals surface area contributed by atoms with Crippen molar-refractivity contribution >= 4 is 11.6 Å². The Morgan fingerprint density at radius 2 is 2.25 bits per heavy atom. The highest BCUT2D eigenvalue weighted by atomic mass is 16.5. The van der Waals surface area contributed by atoms with Gasteiger partial charge in [-0.25, -0.2) is 4.68 Å². The third-order valence-electron chi connectivity index (χ3n) is 2.57. The summed E-state index contributed by atoms with van der Waals surface area (Å²) in [5.74, 6) is -0.199. The number of aromatic nitrogens is 5. The van der Waals surface area contributed by atoms with Crippen LogP contribution in [0.25, 0.3) is 5.69 Å². The maximum Gasteiger partial charge on any atom is 0.294 e. The number of nitrogens with zero attached hydrogens (tertiary/aromatic N) is 5. The van der Waals surface area contributed by atoms with Crippen molar-refractivity contribution in [1.29, 1.82) is 0 Å². The molecule has 0 spiro atoms. The Hall–Kier alpha value is -3.03. The van der Waals surface area contributed by atoms with Gasteiger partial charge in [0, 0.05) is 11.8 Å². The fraction of sp³-hybridized carbons (Fsp3) is 0.0833. The van der Waals surface area contributed by atoms with Crippen molar-refractivity contribution in [3.05, 3.63) is 48.1 Å². The van der Waals surface area contributed by atoms with Crippen molar-refractivity contribution in [3.63, 3.8) is 0 Å². The number of tetrazole rings is 1. The van der Waals surface area contributed by atoms with E-state index in [2.05, 4.69) is 26.0 Å². The number of anilines is 1. The van der Waals surface area contributed by atoms with Crippen molar-refractivity contribution in [2.75, 3.05) is 5.32 Å². The molecule has 2 heterocycles. The Kier molecular flexibility index (Phi) is 2.96. The smallest absolute Gasteiger partial charge is 0.294 e. The highest BCUT2D eigenvalue weighted by molar-refractivity contribution is 6.02. The molecule has 3 aromatic rings. The molecular weight excluding hydrogens is 260 g/mol. The topological polar surface area (TPSA) is 98.7 Å². The SMILES string of the molecule is Cc1cc(C(=O)Nc2cccc(-n3cnnn3)c2)on1. The molecule has 2 aromatic heterocycles. The average molecular weight is 270 g/mol. The Labute approximate surface area is 113 Å². The first kappa shape index (κ1) is 12.0. The zero-order chi connectivity index (χ0) is 13.9. The molecule has 0 atom stereocenters. The molecule has 1 amide bonds. The lowest BCUT2D eigenvalue weighted by Crippen LogP contribution is -2.11. The molecule has 1 N–H and O–H groups in total. The van der Waals surface area contributed by atoms with Crippen LogP contribution in [0.1, 0.15) is 16.2 Å². The molecule has 8 heteroatoms. The van der Waals surface area contributed by atoms with E-state index in [0.29, 0.717) is 11.4 Å². The first-order valence-corrected chi connectivity index (χ1v) is 5.80. The molecule has 100 valence electrons. The van der Waals surface area contributed by atoms with E-state index >= 15 is 0 Å². The molecule has 20 heavy (non-hydrogen) atoms. The number of benzene rings is 1. The van der Waals surface area contributed by atoms with E-state index < -0.39 is 0 Å². The number of amides is 1. The van der Waals surface area contributed by atoms with Gasteiger partial charge in [0.25, 0.3) is 5.91 Å². The minimum atomic E-state index is -0.362. The standard InChI is InChI=1S/C12H10N6O2/c1-8-5-11(20-15-8)12(19)14-9-3-2-4-10(6-9)18-7-13-16-17-18/h2-7H,1H3,(H,14,19). The van der Waals surface area contributed by atoms with Gasteiger partial charge in [-0.1, -0.05) is 11.2 Å². The number of rotatable bonds is 3. The van der Waals surface area contributed by atoms with Gasteiger partial charge in [-0.15, -0.1) is 5.10 Å². The second-order valence-corrected chi connectivity index (χ2v) is 4.09. The summed E-state index contributed by atoms with van der Waals surface area (Å²) in [6, 6.07) is 8.69. The zero-order valence-electron chi connectivity index (χ0n) is 10.5. The van der Waals surface area contributed by atoms with Crippen molar-refractivity contribution < 1.29 is 9.32 Å².